The summed E-state index contributed by atoms with van der Waals surface area (Å²) in [6.45, 7) is 1.19. The Balaban J connectivity index is 2.15. The van der Waals surface area contributed by atoms with E-state index in [9.17, 15) is 13.6 Å². The van der Waals surface area contributed by atoms with Crippen LogP contribution in [0.5, 0.6) is 5.75 Å². The molecule has 2 rings (SSSR count). The second kappa shape index (κ2) is 6.01. The van der Waals surface area contributed by atoms with Crippen LogP contribution in [0.3, 0.4) is 0 Å². The van der Waals surface area contributed by atoms with Crippen molar-refractivity contribution in [2.75, 3.05) is 0 Å². The quantitative estimate of drug-likeness (QED) is 0.782. The van der Waals surface area contributed by atoms with E-state index in [-0.39, 0.29) is 29.3 Å². The third kappa shape index (κ3) is 3.33. The summed E-state index contributed by atoms with van der Waals surface area (Å²) in [7, 11) is 0. The number of carbonyl (C=O) groups excluding carboxylic acids is 1. The molecular weight excluding hydrogens is 286 g/mol. The fourth-order valence-electron chi connectivity index (χ4n) is 1.65. The molecule has 0 aromatic heterocycles. The highest BCUT2D eigenvalue weighted by Crippen LogP contribution is 2.21. The molecule has 0 fully saturated rings. The first-order valence-corrected chi connectivity index (χ1v) is 6.22. The summed E-state index contributed by atoms with van der Waals surface area (Å²) < 4.78 is 32.4. The molecule has 0 radical (unpaired) electrons. The molecule has 0 amide bonds. The van der Waals surface area contributed by atoms with Crippen molar-refractivity contribution in [1.82, 2.24) is 0 Å². The van der Waals surface area contributed by atoms with Gasteiger partial charge in [0.25, 0.3) is 0 Å². The lowest BCUT2D eigenvalue weighted by Crippen LogP contribution is -2.01. The largest absolute Gasteiger partial charge is 0.486 e. The van der Waals surface area contributed by atoms with Crippen molar-refractivity contribution >= 4 is 17.4 Å². The molecule has 2 aromatic rings. The summed E-state index contributed by atoms with van der Waals surface area (Å²) >= 11 is 5.75. The fourth-order valence-corrected chi connectivity index (χ4v) is 1.84. The molecule has 0 aliphatic carbocycles. The highest BCUT2D eigenvalue weighted by atomic mass is 35.5. The number of benzene rings is 2. The highest BCUT2D eigenvalue weighted by molar-refractivity contribution is 6.30. The Morgan fingerprint density at radius 3 is 2.55 bits per heavy atom. The molecule has 0 atom stereocenters. The number of ether oxygens (including phenoxy) is 1. The molecule has 2 aromatic carbocycles. The molecule has 0 unspecified atom stereocenters. The smallest absolute Gasteiger partial charge is 0.165 e. The van der Waals surface area contributed by atoms with E-state index in [0.29, 0.717) is 5.02 Å². The summed E-state index contributed by atoms with van der Waals surface area (Å²) in [6, 6.07) is 7.94. The predicted octanol–water partition coefficient (Wildman–Crippen LogP) is 4.40. The molecule has 0 aliphatic heterocycles. The Morgan fingerprint density at radius 1 is 1.15 bits per heavy atom. The number of hydrogen-bond donors (Lipinski definition) is 0. The fraction of sp³-hybridized carbons (Fsp3) is 0.133. The first-order valence-electron chi connectivity index (χ1n) is 5.84. The average Bonchev–Trinajstić information content (AvgIpc) is 2.40. The van der Waals surface area contributed by atoms with E-state index < -0.39 is 11.6 Å². The molecule has 0 bridgehead atoms. The van der Waals surface area contributed by atoms with Gasteiger partial charge in [-0.05, 0) is 43.3 Å². The summed E-state index contributed by atoms with van der Waals surface area (Å²) in [5.41, 5.74) is 0.483. The Labute approximate surface area is 119 Å². The number of carbonyl (C=O) groups is 1. The van der Waals surface area contributed by atoms with E-state index in [1.54, 1.807) is 0 Å². The van der Waals surface area contributed by atoms with Crippen LogP contribution in [-0.4, -0.2) is 5.78 Å². The lowest BCUT2D eigenvalue weighted by molar-refractivity contribution is 0.101. The summed E-state index contributed by atoms with van der Waals surface area (Å²) in [5.74, 6) is -1.43. The average molecular weight is 297 g/mol. The molecular formula is C15H11ClF2O2. The second-order valence-corrected chi connectivity index (χ2v) is 4.66. The van der Waals surface area contributed by atoms with Crippen LogP contribution in [0.2, 0.25) is 5.02 Å². The SMILES string of the molecule is CC(=O)c1ccc(OCc2cc(Cl)ccc2F)c(F)c1. The molecule has 104 valence electrons. The van der Waals surface area contributed by atoms with Crippen molar-refractivity contribution in [2.24, 2.45) is 0 Å². The van der Waals surface area contributed by atoms with E-state index in [4.69, 9.17) is 16.3 Å². The standard InChI is InChI=1S/C15H11ClF2O2/c1-9(19)10-2-5-15(14(18)7-10)20-8-11-6-12(16)3-4-13(11)17/h2-7H,8H2,1H3. The minimum absolute atomic E-state index is 0.0469. The molecule has 5 heteroatoms. The minimum Gasteiger partial charge on any atom is -0.486 e. The van der Waals surface area contributed by atoms with Gasteiger partial charge < -0.3 is 4.74 Å². The first kappa shape index (κ1) is 14.5. The van der Waals surface area contributed by atoms with Crippen LogP contribution in [0.25, 0.3) is 0 Å². The van der Waals surface area contributed by atoms with Gasteiger partial charge in [0, 0.05) is 16.1 Å². The number of hydrogen-bond acceptors (Lipinski definition) is 2. The Morgan fingerprint density at radius 2 is 1.90 bits per heavy atom. The summed E-state index contributed by atoms with van der Waals surface area (Å²) in [6.07, 6.45) is 0. The lowest BCUT2D eigenvalue weighted by Gasteiger charge is -2.09. The van der Waals surface area contributed by atoms with Crippen LogP contribution < -0.4 is 4.74 Å². The molecule has 2 nitrogen and oxygen atoms in total. The van der Waals surface area contributed by atoms with Gasteiger partial charge >= 0.3 is 0 Å². The number of rotatable bonds is 4. The van der Waals surface area contributed by atoms with Gasteiger partial charge in [0.15, 0.2) is 17.3 Å². The molecule has 0 saturated carbocycles. The summed E-state index contributed by atoms with van der Waals surface area (Å²) in [4.78, 5) is 11.1. The zero-order valence-corrected chi connectivity index (χ0v) is 11.4. The van der Waals surface area contributed by atoms with E-state index in [2.05, 4.69) is 0 Å². The molecule has 20 heavy (non-hydrogen) atoms. The number of ketones is 1. The molecule has 0 spiro atoms. The van der Waals surface area contributed by atoms with E-state index >= 15 is 0 Å². The van der Waals surface area contributed by atoms with Crippen molar-refractivity contribution in [3.8, 4) is 5.75 Å². The zero-order valence-electron chi connectivity index (χ0n) is 10.6. The van der Waals surface area contributed by atoms with Crippen LogP contribution >= 0.6 is 11.6 Å². The van der Waals surface area contributed by atoms with Gasteiger partial charge in [0.1, 0.15) is 12.4 Å². The third-order valence-corrected chi connectivity index (χ3v) is 2.96. The van der Waals surface area contributed by atoms with Crippen molar-refractivity contribution in [2.45, 2.75) is 13.5 Å². The van der Waals surface area contributed by atoms with Gasteiger partial charge in [-0.2, -0.15) is 0 Å². The molecule has 0 saturated heterocycles. The van der Waals surface area contributed by atoms with Gasteiger partial charge in [-0.1, -0.05) is 11.6 Å². The predicted molar refractivity (Wildman–Crippen MR) is 72.1 cm³/mol. The van der Waals surface area contributed by atoms with Crippen molar-refractivity contribution < 1.29 is 18.3 Å². The van der Waals surface area contributed by atoms with Gasteiger partial charge in [-0.3, -0.25) is 4.79 Å². The van der Waals surface area contributed by atoms with Crippen LogP contribution in [0.15, 0.2) is 36.4 Å². The van der Waals surface area contributed by atoms with Gasteiger partial charge in [0.05, 0.1) is 0 Å². The third-order valence-electron chi connectivity index (χ3n) is 2.73. The van der Waals surface area contributed by atoms with E-state index in [0.717, 1.165) is 6.07 Å². The maximum absolute atomic E-state index is 13.7. The second-order valence-electron chi connectivity index (χ2n) is 4.23. The zero-order chi connectivity index (χ0) is 14.7. The molecule has 0 aliphatic rings. The van der Waals surface area contributed by atoms with Crippen molar-refractivity contribution in [3.05, 3.63) is 64.2 Å². The van der Waals surface area contributed by atoms with E-state index in [1.165, 1.54) is 37.3 Å². The minimum atomic E-state index is -0.667. The van der Waals surface area contributed by atoms with Crippen LogP contribution in [0.4, 0.5) is 8.78 Å². The summed E-state index contributed by atoms with van der Waals surface area (Å²) in [5, 5.41) is 0.373. The lowest BCUT2D eigenvalue weighted by atomic mass is 10.1. The van der Waals surface area contributed by atoms with Crippen LogP contribution in [0.1, 0.15) is 22.8 Å². The molecule has 0 N–H and O–H groups in total. The van der Waals surface area contributed by atoms with Gasteiger partial charge in [-0.15, -0.1) is 0 Å². The van der Waals surface area contributed by atoms with E-state index in [1.807, 2.05) is 0 Å². The van der Waals surface area contributed by atoms with Gasteiger partial charge in [-0.25, -0.2) is 8.78 Å². The highest BCUT2D eigenvalue weighted by Gasteiger charge is 2.09. The maximum atomic E-state index is 13.7. The van der Waals surface area contributed by atoms with Crippen molar-refractivity contribution in [1.29, 1.82) is 0 Å². The first-order chi connectivity index (χ1) is 9.47. The molecule has 0 heterocycles. The maximum Gasteiger partial charge on any atom is 0.165 e. The Hall–Kier alpha value is -1.94. The van der Waals surface area contributed by atoms with Crippen LogP contribution in [0, 0.1) is 11.6 Å². The normalized spacial score (nSPS) is 10.4. The monoisotopic (exact) mass is 296 g/mol. The van der Waals surface area contributed by atoms with Crippen LogP contribution in [-0.2, 0) is 6.61 Å². The van der Waals surface area contributed by atoms with Gasteiger partial charge in [0.2, 0.25) is 0 Å². The van der Waals surface area contributed by atoms with Crippen molar-refractivity contribution in [3.63, 3.8) is 0 Å². The Kier molecular flexibility index (Phi) is 4.35. The Bertz CT molecular complexity index is 656. The number of halogens is 3. The topological polar surface area (TPSA) is 26.3 Å². The number of Topliss-reactive ketones (excluding diaryl/α,β-unsaturated/α-hetero) is 1.